The maximum Gasteiger partial charge on any atom is 0.224 e. The van der Waals surface area contributed by atoms with Gasteiger partial charge in [0.2, 0.25) is 5.28 Å². The van der Waals surface area contributed by atoms with E-state index in [1.807, 2.05) is 6.07 Å². The number of nitrogens with zero attached hydrogens (tertiary/aromatic N) is 2. The third-order valence-electron chi connectivity index (χ3n) is 3.01. The molecule has 4 heteroatoms. The van der Waals surface area contributed by atoms with Crippen molar-refractivity contribution < 1.29 is 0 Å². The van der Waals surface area contributed by atoms with E-state index in [0.717, 1.165) is 5.82 Å². The van der Waals surface area contributed by atoms with Crippen molar-refractivity contribution in [3.05, 3.63) is 17.5 Å². The van der Waals surface area contributed by atoms with Gasteiger partial charge in [0.05, 0.1) is 0 Å². The second kappa shape index (κ2) is 4.35. The summed E-state index contributed by atoms with van der Waals surface area (Å²) >= 11 is 5.75. The summed E-state index contributed by atoms with van der Waals surface area (Å²) in [6.07, 6.45) is 8.03. The second-order valence-corrected chi connectivity index (χ2v) is 4.80. The van der Waals surface area contributed by atoms with Gasteiger partial charge in [-0.2, -0.15) is 0 Å². The number of nitrogens with one attached hydrogen (secondary N) is 1. The summed E-state index contributed by atoms with van der Waals surface area (Å²) in [6, 6.07) is 1.87. The molecule has 1 aromatic rings. The van der Waals surface area contributed by atoms with Crippen LogP contribution in [0, 0.1) is 0 Å². The third-order valence-corrected chi connectivity index (χ3v) is 3.20. The van der Waals surface area contributed by atoms with Gasteiger partial charge in [0, 0.05) is 11.7 Å². The molecule has 1 heterocycles. The quantitative estimate of drug-likeness (QED) is 0.786. The van der Waals surface area contributed by atoms with E-state index >= 15 is 0 Å². The lowest BCUT2D eigenvalue weighted by atomic mass is 9.83. The zero-order chi connectivity index (χ0) is 10.7. The molecule has 0 radical (unpaired) electrons. The summed E-state index contributed by atoms with van der Waals surface area (Å²) in [7, 11) is 0. The SMILES string of the molecule is CC1(Nc2ccnc(Cl)n2)CCCCC1. The van der Waals surface area contributed by atoms with E-state index in [4.69, 9.17) is 11.6 Å². The molecule has 0 saturated heterocycles. The summed E-state index contributed by atoms with van der Waals surface area (Å²) in [4.78, 5) is 8.03. The standard InChI is InChI=1S/C11H16ClN3/c1-11(6-3-2-4-7-11)15-9-5-8-13-10(12)14-9/h5,8H,2-4,6-7H2,1H3,(H,13,14,15). The molecule has 0 aromatic carbocycles. The van der Waals surface area contributed by atoms with Crippen LogP contribution in [0.5, 0.6) is 0 Å². The van der Waals surface area contributed by atoms with E-state index in [2.05, 4.69) is 22.2 Å². The lowest BCUT2D eigenvalue weighted by Gasteiger charge is -2.35. The van der Waals surface area contributed by atoms with Crippen LogP contribution in [0.2, 0.25) is 5.28 Å². The molecular formula is C11H16ClN3. The number of hydrogen-bond acceptors (Lipinski definition) is 3. The van der Waals surface area contributed by atoms with E-state index in [1.165, 1.54) is 32.1 Å². The monoisotopic (exact) mass is 225 g/mol. The first-order valence-electron chi connectivity index (χ1n) is 5.45. The highest BCUT2D eigenvalue weighted by Gasteiger charge is 2.26. The maximum absolute atomic E-state index is 5.75. The van der Waals surface area contributed by atoms with Crippen LogP contribution in [0.15, 0.2) is 12.3 Å². The fourth-order valence-corrected chi connectivity index (χ4v) is 2.32. The van der Waals surface area contributed by atoms with Gasteiger partial charge in [-0.05, 0) is 37.4 Å². The molecule has 0 atom stereocenters. The van der Waals surface area contributed by atoms with E-state index in [1.54, 1.807) is 6.20 Å². The molecule has 2 rings (SSSR count). The lowest BCUT2D eigenvalue weighted by molar-refractivity contribution is 0.348. The number of halogens is 1. The van der Waals surface area contributed by atoms with Crippen LogP contribution < -0.4 is 5.32 Å². The largest absolute Gasteiger partial charge is 0.365 e. The first-order chi connectivity index (χ1) is 7.18. The van der Waals surface area contributed by atoms with Crippen molar-refractivity contribution in [2.45, 2.75) is 44.6 Å². The van der Waals surface area contributed by atoms with Crippen molar-refractivity contribution in [1.29, 1.82) is 0 Å². The van der Waals surface area contributed by atoms with Crippen LogP contribution in [-0.4, -0.2) is 15.5 Å². The highest BCUT2D eigenvalue weighted by atomic mass is 35.5. The molecule has 15 heavy (non-hydrogen) atoms. The molecule has 1 aliphatic carbocycles. The first-order valence-corrected chi connectivity index (χ1v) is 5.83. The van der Waals surface area contributed by atoms with Crippen LogP contribution >= 0.6 is 11.6 Å². The Balaban J connectivity index is 2.06. The van der Waals surface area contributed by atoms with Crippen molar-refractivity contribution in [3.63, 3.8) is 0 Å². The molecule has 1 fully saturated rings. The smallest absolute Gasteiger partial charge is 0.224 e. The van der Waals surface area contributed by atoms with Gasteiger partial charge >= 0.3 is 0 Å². The van der Waals surface area contributed by atoms with Crippen LogP contribution in [0.25, 0.3) is 0 Å². The van der Waals surface area contributed by atoms with E-state index in [9.17, 15) is 0 Å². The van der Waals surface area contributed by atoms with E-state index < -0.39 is 0 Å². The molecule has 0 unspecified atom stereocenters. The number of aromatic nitrogens is 2. The minimum Gasteiger partial charge on any atom is -0.365 e. The molecule has 0 amide bonds. The summed E-state index contributed by atoms with van der Waals surface area (Å²) in [5, 5.41) is 3.77. The molecule has 82 valence electrons. The Labute approximate surface area is 95.3 Å². The zero-order valence-electron chi connectivity index (χ0n) is 8.96. The van der Waals surface area contributed by atoms with Crippen molar-refractivity contribution >= 4 is 17.4 Å². The summed E-state index contributed by atoms with van der Waals surface area (Å²) in [6.45, 7) is 2.25. The Morgan fingerprint density at radius 1 is 1.33 bits per heavy atom. The minimum absolute atomic E-state index is 0.177. The molecule has 0 spiro atoms. The van der Waals surface area contributed by atoms with Gasteiger partial charge in [0.15, 0.2) is 0 Å². The highest BCUT2D eigenvalue weighted by molar-refractivity contribution is 6.28. The van der Waals surface area contributed by atoms with Crippen LogP contribution in [-0.2, 0) is 0 Å². The number of anilines is 1. The summed E-state index contributed by atoms with van der Waals surface area (Å²) in [5.74, 6) is 0.833. The maximum atomic E-state index is 5.75. The Morgan fingerprint density at radius 2 is 2.07 bits per heavy atom. The average molecular weight is 226 g/mol. The third kappa shape index (κ3) is 2.81. The lowest BCUT2D eigenvalue weighted by Crippen LogP contribution is -2.37. The van der Waals surface area contributed by atoms with Gasteiger partial charge in [0.1, 0.15) is 5.82 Å². The first kappa shape index (κ1) is 10.7. The van der Waals surface area contributed by atoms with Gasteiger partial charge in [0.25, 0.3) is 0 Å². The Bertz CT molecular complexity index is 334. The van der Waals surface area contributed by atoms with Gasteiger partial charge in [-0.25, -0.2) is 9.97 Å². The van der Waals surface area contributed by atoms with Gasteiger partial charge in [-0.1, -0.05) is 19.3 Å². The predicted octanol–water partition coefficient (Wildman–Crippen LogP) is 3.26. The summed E-state index contributed by atoms with van der Waals surface area (Å²) < 4.78 is 0. The molecule has 1 aromatic heterocycles. The Kier molecular flexibility index (Phi) is 3.10. The topological polar surface area (TPSA) is 37.8 Å². The fourth-order valence-electron chi connectivity index (χ4n) is 2.17. The van der Waals surface area contributed by atoms with Crippen molar-refractivity contribution in [2.75, 3.05) is 5.32 Å². The van der Waals surface area contributed by atoms with Crippen molar-refractivity contribution in [2.24, 2.45) is 0 Å². The van der Waals surface area contributed by atoms with Crippen molar-refractivity contribution in [3.8, 4) is 0 Å². The molecule has 1 N–H and O–H groups in total. The normalized spacial score (nSPS) is 19.9. The predicted molar refractivity (Wildman–Crippen MR) is 62.2 cm³/mol. The molecular weight excluding hydrogens is 210 g/mol. The minimum atomic E-state index is 0.177. The second-order valence-electron chi connectivity index (χ2n) is 4.46. The molecule has 0 aliphatic heterocycles. The van der Waals surface area contributed by atoms with Gasteiger partial charge < -0.3 is 5.32 Å². The zero-order valence-corrected chi connectivity index (χ0v) is 9.72. The van der Waals surface area contributed by atoms with Crippen molar-refractivity contribution in [1.82, 2.24) is 9.97 Å². The highest BCUT2D eigenvalue weighted by Crippen LogP contribution is 2.30. The van der Waals surface area contributed by atoms with Crippen LogP contribution in [0.4, 0.5) is 5.82 Å². The molecule has 3 nitrogen and oxygen atoms in total. The van der Waals surface area contributed by atoms with E-state index in [0.29, 0.717) is 5.28 Å². The summed E-state index contributed by atoms with van der Waals surface area (Å²) in [5.41, 5.74) is 0.177. The Hall–Kier alpha value is -0.830. The number of hydrogen-bond donors (Lipinski definition) is 1. The van der Waals surface area contributed by atoms with E-state index in [-0.39, 0.29) is 5.54 Å². The van der Waals surface area contributed by atoms with Crippen LogP contribution in [0.3, 0.4) is 0 Å². The average Bonchev–Trinajstić information content (AvgIpc) is 2.18. The molecule has 1 aliphatic rings. The molecule has 0 bridgehead atoms. The fraction of sp³-hybridized carbons (Fsp3) is 0.636. The number of rotatable bonds is 2. The Morgan fingerprint density at radius 3 is 2.73 bits per heavy atom. The van der Waals surface area contributed by atoms with Gasteiger partial charge in [-0.15, -0.1) is 0 Å². The molecule has 1 saturated carbocycles. The van der Waals surface area contributed by atoms with Gasteiger partial charge in [-0.3, -0.25) is 0 Å². The van der Waals surface area contributed by atoms with Crippen LogP contribution in [0.1, 0.15) is 39.0 Å².